The lowest BCUT2D eigenvalue weighted by atomic mass is 10.1. The van der Waals surface area contributed by atoms with E-state index in [-0.39, 0.29) is 11.9 Å². The van der Waals surface area contributed by atoms with Gasteiger partial charge in [0, 0.05) is 19.1 Å². The summed E-state index contributed by atoms with van der Waals surface area (Å²) in [6.45, 7) is 8.38. The van der Waals surface area contributed by atoms with Gasteiger partial charge in [0.1, 0.15) is 0 Å². The van der Waals surface area contributed by atoms with E-state index in [4.69, 9.17) is 4.74 Å². The van der Waals surface area contributed by atoms with Gasteiger partial charge in [-0.05, 0) is 18.8 Å². The molecule has 1 rings (SSSR count). The van der Waals surface area contributed by atoms with E-state index in [0.29, 0.717) is 12.0 Å². The van der Waals surface area contributed by atoms with Crippen LogP contribution in [-0.4, -0.2) is 37.1 Å². The number of esters is 1. The Labute approximate surface area is 106 Å². The zero-order valence-corrected chi connectivity index (χ0v) is 11.7. The van der Waals surface area contributed by atoms with Crippen molar-refractivity contribution < 1.29 is 9.53 Å². The van der Waals surface area contributed by atoms with Crippen molar-refractivity contribution in [2.24, 2.45) is 11.8 Å². The van der Waals surface area contributed by atoms with Gasteiger partial charge in [0.05, 0.1) is 13.0 Å². The second kappa shape index (κ2) is 7.00. The Bertz CT molecular complexity index is 234. The Hall–Kier alpha value is -0.570. The molecule has 0 aromatic carbocycles. The van der Waals surface area contributed by atoms with Gasteiger partial charge in [0.2, 0.25) is 0 Å². The highest BCUT2D eigenvalue weighted by Crippen LogP contribution is 2.25. The minimum Gasteiger partial charge on any atom is -0.469 e. The molecule has 3 heteroatoms. The first-order chi connectivity index (χ1) is 8.04. The molecule has 0 N–H and O–H groups in total. The van der Waals surface area contributed by atoms with E-state index in [1.165, 1.54) is 32.8 Å². The number of rotatable bonds is 6. The van der Waals surface area contributed by atoms with Crippen molar-refractivity contribution in [1.29, 1.82) is 0 Å². The second-order valence-electron chi connectivity index (χ2n) is 5.71. The summed E-state index contributed by atoms with van der Waals surface area (Å²) < 4.78 is 4.81. The van der Waals surface area contributed by atoms with Gasteiger partial charge in [0.25, 0.3) is 0 Å². The number of carbonyl (C=O) groups is 1. The van der Waals surface area contributed by atoms with Crippen LogP contribution < -0.4 is 0 Å². The first-order valence-corrected chi connectivity index (χ1v) is 6.86. The maximum atomic E-state index is 11.5. The van der Waals surface area contributed by atoms with Crippen LogP contribution in [0, 0.1) is 11.8 Å². The van der Waals surface area contributed by atoms with Gasteiger partial charge in [-0.1, -0.05) is 33.6 Å². The van der Waals surface area contributed by atoms with E-state index in [1.807, 2.05) is 6.92 Å². The van der Waals surface area contributed by atoms with Crippen LogP contribution in [0.1, 0.15) is 46.5 Å². The van der Waals surface area contributed by atoms with Crippen molar-refractivity contribution >= 4 is 5.97 Å². The van der Waals surface area contributed by atoms with E-state index >= 15 is 0 Å². The van der Waals surface area contributed by atoms with Gasteiger partial charge in [-0.2, -0.15) is 0 Å². The Morgan fingerprint density at radius 1 is 1.24 bits per heavy atom. The standard InChI is InChI=1S/C14H27NO2/c1-11(2)9-15(13-7-5-6-8-13)10-12(3)14(16)17-4/h11-13H,5-10H2,1-4H3. The maximum Gasteiger partial charge on any atom is 0.309 e. The average Bonchev–Trinajstić information content (AvgIpc) is 2.79. The molecule has 0 saturated heterocycles. The molecule has 0 bridgehead atoms. The number of ether oxygens (including phenoxy) is 1. The number of carbonyl (C=O) groups excluding carboxylic acids is 1. The van der Waals surface area contributed by atoms with Crippen LogP contribution >= 0.6 is 0 Å². The molecule has 0 heterocycles. The van der Waals surface area contributed by atoms with Crippen LogP contribution in [0.25, 0.3) is 0 Å². The molecule has 0 spiro atoms. The molecule has 1 aliphatic rings. The zero-order chi connectivity index (χ0) is 12.8. The van der Waals surface area contributed by atoms with Crippen molar-refractivity contribution in [3.8, 4) is 0 Å². The van der Waals surface area contributed by atoms with Gasteiger partial charge in [-0.25, -0.2) is 0 Å². The van der Waals surface area contributed by atoms with E-state index < -0.39 is 0 Å². The van der Waals surface area contributed by atoms with Gasteiger partial charge in [0.15, 0.2) is 0 Å². The number of nitrogens with zero attached hydrogens (tertiary/aromatic N) is 1. The fourth-order valence-corrected chi connectivity index (χ4v) is 2.74. The quantitative estimate of drug-likeness (QED) is 0.670. The number of hydrogen-bond donors (Lipinski definition) is 0. The van der Waals surface area contributed by atoms with Crippen LogP contribution in [0.3, 0.4) is 0 Å². The molecule has 17 heavy (non-hydrogen) atoms. The minimum absolute atomic E-state index is 0.0145. The Morgan fingerprint density at radius 3 is 2.29 bits per heavy atom. The third-order valence-corrected chi connectivity index (χ3v) is 3.55. The molecule has 1 atom stereocenters. The second-order valence-corrected chi connectivity index (χ2v) is 5.71. The third kappa shape index (κ3) is 4.66. The lowest BCUT2D eigenvalue weighted by Crippen LogP contribution is -2.41. The molecule has 0 amide bonds. The fourth-order valence-electron chi connectivity index (χ4n) is 2.74. The van der Waals surface area contributed by atoms with Crippen LogP contribution in [0.4, 0.5) is 0 Å². The van der Waals surface area contributed by atoms with Crippen molar-refractivity contribution in [3.63, 3.8) is 0 Å². The average molecular weight is 241 g/mol. The Kier molecular flexibility index (Phi) is 5.96. The molecule has 3 nitrogen and oxygen atoms in total. The van der Waals surface area contributed by atoms with Crippen molar-refractivity contribution in [2.45, 2.75) is 52.5 Å². The summed E-state index contributed by atoms with van der Waals surface area (Å²) in [5.41, 5.74) is 0. The number of hydrogen-bond acceptors (Lipinski definition) is 3. The first-order valence-electron chi connectivity index (χ1n) is 6.86. The summed E-state index contributed by atoms with van der Waals surface area (Å²) in [7, 11) is 1.47. The highest BCUT2D eigenvalue weighted by molar-refractivity contribution is 5.72. The van der Waals surface area contributed by atoms with Crippen molar-refractivity contribution in [1.82, 2.24) is 4.90 Å². The predicted octanol–water partition coefficient (Wildman–Crippen LogP) is 2.70. The van der Waals surface area contributed by atoms with Crippen LogP contribution in [0.15, 0.2) is 0 Å². The summed E-state index contributed by atoms with van der Waals surface area (Å²) in [6.07, 6.45) is 5.26. The lowest BCUT2D eigenvalue weighted by molar-refractivity contribution is -0.145. The van der Waals surface area contributed by atoms with E-state index in [2.05, 4.69) is 18.7 Å². The number of methoxy groups -OCH3 is 1. The molecule has 0 aliphatic heterocycles. The summed E-state index contributed by atoms with van der Waals surface area (Å²) in [5, 5.41) is 0. The SMILES string of the molecule is COC(=O)C(C)CN(CC(C)C)C1CCCC1. The molecule has 1 aliphatic carbocycles. The zero-order valence-electron chi connectivity index (χ0n) is 11.7. The van der Waals surface area contributed by atoms with E-state index in [1.54, 1.807) is 0 Å². The van der Waals surface area contributed by atoms with Gasteiger partial charge in [-0.3, -0.25) is 9.69 Å². The Balaban J connectivity index is 2.53. The molecule has 1 unspecified atom stereocenters. The topological polar surface area (TPSA) is 29.5 Å². The largest absolute Gasteiger partial charge is 0.469 e. The van der Waals surface area contributed by atoms with Gasteiger partial charge < -0.3 is 4.74 Å². The summed E-state index contributed by atoms with van der Waals surface area (Å²) in [5.74, 6) is 0.552. The van der Waals surface area contributed by atoms with Crippen LogP contribution in [-0.2, 0) is 9.53 Å². The maximum absolute atomic E-state index is 11.5. The highest BCUT2D eigenvalue weighted by Gasteiger charge is 2.26. The molecular formula is C14H27NO2. The molecular weight excluding hydrogens is 214 g/mol. The normalized spacial score (nSPS) is 18.9. The van der Waals surface area contributed by atoms with E-state index in [9.17, 15) is 4.79 Å². The molecule has 1 fully saturated rings. The fraction of sp³-hybridized carbons (Fsp3) is 0.929. The van der Waals surface area contributed by atoms with Crippen LogP contribution in [0.2, 0.25) is 0 Å². The summed E-state index contributed by atoms with van der Waals surface area (Å²) in [4.78, 5) is 14.0. The molecule has 0 aromatic rings. The molecule has 100 valence electrons. The molecule has 1 saturated carbocycles. The first kappa shape index (κ1) is 14.5. The third-order valence-electron chi connectivity index (χ3n) is 3.55. The van der Waals surface area contributed by atoms with Crippen molar-refractivity contribution in [3.05, 3.63) is 0 Å². The van der Waals surface area contributed by atoms with Crippen LogP contribution in [0.5, 0.6) is 0 Å². The predicted molar refractivity (Wildman–Crippen MR) is 69.8 cm³/mol. The lowest BCUT2D eigenvalue weighted by Gasteiger charge is -2.32. The monoisotopic (exact) mass is 241 g/mol. The van der Waals surface area contributed by atoms with Crippen molar-refractivity contribution in [2.75, 3.05) is 20.2 Å². The van der Waals surface area contributed by atoms with Gasteiger partial charge >= 0.3 is 5.97 Å². The molecule has 0 radical (unpaired) electrons. The summed E-state index contributed by atoms with van der Waals surface area (Å²) in [6, 6.07) is 0.685. The minimum atomic E-state index is -0.0863. The Morgan fingerprint density at radius 2 is 1.82 bits per heavy atom. The van der Waals surface area contributed by atoms with Gasteiger partial charge in [-0.15, -0.1) is 0 Å². The smallest absolute Gasteiger partial charge is 0.309 e. The highest BCUT2D eigenvalue weighted by atomic mass is 16.5. The summed E-state index contributed by atoms with van der Waals surface area (Å²) >= 11 is 0. The van der Waals surface area contributed by atoms with E-state index in [0.717, 1.165) is 13.1 Å². The molecule has 0 aromatic heterocycles.